The second kappa shape index (κ2) is 7.60. The van der Waals surface area contributed by atoms with Crippen LogP contribution < -0.4 is 20.5 Å². The fraction of sp³-hybridized carbons (Fsp3) is 0.235. The number of carbonyl (C=O) groups is 3. The van der Waals surface area contributed by atoms with Crippen LogP contribution in [0.1, 0.15) is 16.9 Å². The zero-order valence-corrected chi connectivity index (χ0v) is 14.0. The summed E-state index contributed by atoms with van der Waals surface area (Å²) in [6.45, 7) is 0.234. The summed E-state index contributed by atoms with van der Waals surface area (Å²) < 4.78 is 5.09. The van der Waals surface area contributed by atoms with Gasteiger partial charge in [-0.3, -0.25) is 30.2 Å². The number of amides is 3. The summed E-state index contributed by atoms with van der Waals surface area (Å²) in [7, 11) is 1.56. The molecule has 1 saturated heterocycles. The first kappa shape index (κ1) is 17.3. The first-order chi connectivity index (χ1) is 12.6. The number of rotatable bonds is 4. The molecule has 134 valence electrons. The van der Waals surface area contributed by atoms with E-state index in [1.165, 1.54) is 23.5 Å². The molecule has 1 unspecified atom stereocenters. The van der Waals surface area contributed by atoms with E-state index in [9.17, 15) is 14.4 Å². The quantitative estimate of drug-likeness (QED) is 0.763. The summed E-state index contributed by atoms with van der Waals surface area (Å²) in [5, 5.41) is 0. The van der Waals surface area contributed by atoms with Crippen molar-refractivity contribution in [2.45, 2.75) is 6.42 Å². The molecule has 3 rings (SSSR count). The molecule has 9 heteroatoms. The highest BCUT2D eigenvalue weighted by atomic mass is 16.5. The third-order valence-electron chi connectivity index (χ3n) is 3.97. The van der Waals surface area contributed by atoms with E-state index in [0.29, 0.717) is 11.4 Å². The fourth-order valence-electron chi connectivity index (χ4n) is 2.60. The summed E-state index contributed by atoms with van der Waals surface area (Å²) in [6.07, 6.45) is 4.16. The van der Waals surface area contributed by atoms with Crippen LogP contribution in [0.3, 0.4) is 0 Å². The molecule has 1 aliphatic rings. The minimum absolute atomic E-state index is 0.0683. The number of methoxy groups -OCH3 is 1. The molecule has 9 nitrogen and oxygen atoms in total. The number of nitrogens with one attached hydrogen (secondary N) is 2. The van der Waals surface area contributed by atoms with Crippen molar-refractivity contribution in [3.63, 3.8) is 0 Å². The first-order valence-corrected chi connectivity index (χ1v) is 7.89. The standard InChI is InChI=1S/C17H17N5O4/c1-26-13-4-2-12(3-5-13)22-10-11(8-15(22)23)16(24)20-21-17(25)14-9-18-6-7-19-14/h2-7,9,11H,8,10H2,1H3,(H,20,24)(H,21,25). The van der Waals surface area contributed by atoms with Crippen molar-refractivity contribution in [3.8, 4) is 5.75 Å². The lowest BCUT2D eigenvalue weighted by molar-refractivity contribution is -0.126. The summed E-state index contributed by atoms with van der Waals surface area (Å²) in [5.41, 5.74) is 5.37. The Morgan fingerprint density at radius 3 is 2.62 bits per heavy atom. The van der Waals surface area contributed by atoms with Gasteiger partial charge in [0.25, 0.3) is 5.91 Å². The van der Waals surface area contributed by atoms with Gasteiger partial charge in [0.15, 0.2) is 0 Å². The number of ether oxygens (including phenoxy) is 1. The Morgan fingerprint density at radius 2 is 1.96 bits per heavy atom. The van der Waals surface area contributed by atoms with Gasteiger partial charge in [-0.2, -0.15) is 0 Å². The van der Waals surface area contributed by atoms with E-state index in [0.717, 1.165) is 0 Å². The Kier molecular flexibility index (Phi) is 5.07. The van der Waals surface area contributed by atoms with Crippen LogP contribution in [-0.4, -0.2) is 41.3 Å². The number of hydrogen-bond donors (Lipinski definition) is 2. The van der Waals surface area contributed by atoms with Crippen molar-refractivity contribution in [1.29, 1.82) is 0 Å². The van der Waals surface area contributed by atoms with Crippen molar-refractivity contribution in [2.75, 3.05) is 18.6 Å². The smallest absolute Gasteiger partial charge is 0.289 e. The second-order valence-corrected chi connectivity index (χ2v) is 5.64. The van der Waals surface area contributed by atoms with Gasteiger partial charge in [0.05, 0.1) is 19.2 Å². The first-order valence-electron chi connectivity index (χ1n) is 7.89. The van der Waals surface area contributed by atoms with Gasteiger partial charge in [-0.25, -0.2) is 4.98 Å². The highest BCUT2D eigenvalue weighted by molar-refractivity contribution is 6.01. The van der Waals surface area contributed by atoms with Gasteiger partial charge in [0, 0.05) is 31.0 Å². The number of hydrazine groups is 1. The van der Waals surface area contributed by atoms with Crippen molar-refractivity contribution < 1.29 is 19.1 Å². The maximum absolute atomic E-state index is 12.2. The zero-order valence-electron chi connectivity index (χ0n) is 14.0. The molecule has 1 aromatic carbocycles. The molecule has 1 atom stereocenters. The molecule has 3 amide bonds. The van der Waals surface area contributed by atoms with Crippen LogP contribution in [0.25, 0.3) is 0 Å². The van der Waals surface area contributed by atoms with Gasteiger partial charge >= 0.3 is 0 Å². The van der Waals surface area contributed by atoms with Crippen molar-refractivity contribution in [2.24, 2.45) is 5.92 Å². The Morgan fingerprint density at radius 1 is 1.19 bits per heavy atom. The molecule has 0 radical (unpaired) electrons. The third-order valence-corrected chi connectivity index (χ3v) is 3.97. The molecule has 2 N–H and O–H groups in total. The second-order valence-electron chi connectivity index (χ2n) is 5.64. The number of aromatic nitrogens is 2. The zero-order chi connectivity index (χ0) is 18.5. The molecule has 1 aromatic heterocycles. The molecular weight excluding hydrogens is 338 g/mol. The predicted octanol–water partition coefficient (Wildman–Crippen LogP) is 0.299. The highest BCUT2D eigenvalue weighted by Gasteiger charge is 2.35. The number of benzene rings is 1. The Balaban J connectivity index is 1.57. The van der Waals surface area contributed by atoms with Crippen LogP contribution in [-0.2, 0) is 9.59 Å². The van der Waals surface area contributed by atoms with E-state index in [1.54, 1.807) is 31.4 Å². The largest absolute Gasteiger partial charge is 0.497 e. The van der Waals surface area contributed by atoms with Crippen LogP contribution in [0.5, 0.6) is 5.75 Å². The van der Waals surface area contributed by atoms with E-state index in [2.05, 4.69) is 20.8 Å². The van der Waals surface area contributed by atoms with Crippen molar-refractivity contribution >= 4 is 23.4 Å². The van der Waals surface area contributed by atoms with Crippen LogP contribution in [0.2, 0.25) is 0 Å². The summed E-state index contributed by atoms with van der Waals surface area (Å²) in [6, 6.07) is 7.01. The van der Waals surface area contributed by atoms with Gasteiger partial charge in [0.2, 0.25) is 11.8 Å². The van der Waals surface area contributed by atoms with Crippen LogP contribution in [0.15, 0.2) is 42.9 Å². The topological polar surface area (TPSA) is 114 Å². The number of nitrogens with zero attached hydrogens (tertiary/aromatic N) is 3. The molecule has 1 aliphatic heterocycles. The summed E-state index contributed by atoms with van der Waals surface area (Å²) in [4.78, 5) is 45.5. The average molecular weight is 355 g/mol. The van der Waals surface area contributed by atoms with E-state index in [-0.39, 0.29) is 24.6 Å². The van der Waals surface area contributed by atoms with Gasteiger partial charge in [-0.1, -0.05) is 0 Å². The minimum Gasteiger partial charge on any atom is -0.497 e. The highest BCUT2D eigenvalue weighted by Crippen LogP contribution is 2.26. The third kappa shape index (κ3) is 3.77. The average Bonchev–Trinajstić information content (AvgIpc) is 3.08. The molecule has 2 heterocycles. The number of hydrogen-bond acceptors (Lipinski definition) is 6. The Hall–Kier alpha value is -3.49. The SMILES string of the molecule is COc1ccc(N2CC(C(=O)NNC(=O)c3cnccn3)CC2=O)cc1. The van der Waals surface area contributed by atoms with Crippen molar-refractivity contribution in [1.82, 2.24) is 20.8 Å². The van der Waals surface area contributed by atoms with Crippen LogP contribution >= 0.6 is 0 Å². The molecule has 0 aliphatic carbocycles. The lowest BCUT2D eigenvalue weighted by atomic mass is 10.1. The maximum atomic E-state index is 12.2. The number of anilines is 1. The molecular formula is C17H17N5O4. The van der Waals surface area contributed by atoms with Gasteiger partial charge < -0.3 is 9.64 Å². The van der Waals surface area contributed by atoms with Crippen molar-refractivity contribution in [3.05, 3.63) is 48.5 Å². The molecule has 2 aromatic rings. The predicted molar refractivity (Wildman–Crippen MR) is 91.1 cm³/mol. The van der Waals surface area contributed by atoms with E-state index >= 15 is 0 Å². The molecule has 26 heavy (non-hydrogen) atoms. The summed E-state index contributed by atoms with van der Waals surface area (Å²) >= 11 is 0. The molecule has 0 spiro atoms. The Bertz CT molecular complexity index is 810. The van der Waals surface area contributed by atoms with E-state index < -0.39 is 17.7 Å². The molecule has 0 bridgehead atoms. The molecule has 1 fully saturated rings. The lowest BCUT2D eigenvalue weighted by Crippen LogP contribution is -2.45. The maximum Gasteiger partial charge on any atom is 0.289 e. The monoisotopic (exact) mass is 355 g/mol. The van der Waals surface area contributed by atoms with Crippen LogP contribution in [0.4, 0.5) is 5.69 Å². The normalized spacial score (nSPS) is 16.3. The Labute approximate surface area is 149 Å². The van der Waals surface area contributed by atoms with E-state index in [4.69, 9.17) is 4.74 Å². The van der Waals surface area contributed by atoms with Gasteiger partial charge in [-0.05, 0) is 24.3 Å². The van der Waals surface area contributed by atoms with Crippen LogP contribution in [0, 0.1) is 5.92 Å². The number of carbonyl (C=O) groups excluding carboxylic acids is 3. The fourth-order valence-corrected chi connectivity index (χ4v) is 2.60. The molecule has 0 saturated carbocycles. The van der Waals surface area contributed by atoms with Gasteiger partial charge in [0.1, 0.15) is 11.4 Å². The van der Waals surface area contributed by atoms with E-state index in [1.807, 2.05) is 0 Å². The summed E-state index contributed by atoms with van der Waals surface area (Å²) in [5.74, 6) is -1.06. The lowest BCUT2D eigenvalue weighted by Gasteiger charge is -2.17. The van der Waals surface area contributed by atoms with Gasteiger partial charge in [-0.15, -0.1) is 0 Å². The minimum atomic E-state index is -0.581.